The van der Waals surface area contributed by atoms with Gasteiger partial charge in [0.05, 0.1) is 12.7 Å². The van der Waals surface area contributed by atoms with Crippen molar-refractivity contribution < 1.29 is 23.2 Å². The minimum Gasteiger partial charge on any atom is -0.467 e. The lowest BCUT2D eigenvalue weighted by Gasteiger charge is -2.22. The highest BCUT2D eigenvalue weighted by atomic mass is 19.1. The molecule has 4 rings (SSSR count). The molecule has 2 heterocycles. The Balaban J connectivity index is 1.71. The summed E-state index contributed by atoms with van der Waals surface area (Å²) < 4.78 is 24.0. The normalized spacial score (nSPS) is 15.5. The lowest BCUT2D eigenvalue weighted by molar-refractivity contribution is -0.141. The third-order valence-corrected chi connectivity index (χ3v) is 4.54. The summed E-state index contributed by atoms with van der Waals surface area (Å²) >= 11 is 0. The van der Waals surface area contributed by atoms with Crippen molar-refractivity contribution in [2.24, 2.45) is 0 Å². The van der Waals surface area contributed by atoms with Gasteiger partial charge in [0, 0.05) is 18.2 Å². The molecule has 136 valence electrons. The number of aromatic nitrogens is 1. The fraction of sp³-hybridized carbons (Fsp3) is 0.150. The second kappa shape index (κ2) is 6.68. The maximum absolute atomic E-state index is 14.0. The van der Waals surface area contributed by atoms with Crippen LogP contribution >= 0.6 is 0 Å². The summed E-state index contributed by atoms with van der Waals surface area (Å²) in [6, 6.07) is 13.9. The Hall–Kier alpha value is -3.48. The van der Waals surface area contributed by atoms with Crippen LogP contribution in [0.3, 0.4) is 0 Å². The summed E-state index contributed by atoms with van der Waals surface area (Å²) in [6.45, 7) is 0. The molecule has 1 aliphatic heterocycles. The van der Waals surface area contributed by atoms with Gasteiger partial charge in [-0.1, -0.05) is 35.5 Å². The highest BCUT2D eigenvalue weighted by molar-refractivity contribution is 6.10. The molecule has 1 aliphatic rings. The Morgan fingerprint density at radius 3 is 2.70 bits per heavy atom. The number of rotatable bonds is 3. The number of halogens is 1. The molecule has 3 aromatic rings. The van der Waals surface area contributed by atoms with E-state index in [2.05, 4.69) is 5.16 Å². The highest BCUT2D eigenvalue weighted by Gasteiger charge is 2.40. The van der Waals surface area contributed by atoms with Crippen LogP contribution in [0.2, 0.25) is 0 Å². The largest absolute Gasteiger partial charge is 0.467 e. The molecule has 0 saturated heterocycles. The maximum atomic E-state index is 14.0. The van der Waals surface area contributed by atoms with Crippen LogP contribution in [0, 0.1) is 5.82 Å². The van der Waals surface area contributed by atoms with Crippen molar-refractivity contribution in [3.05, 3.63) is 71.7 Å². The predicted octanol–water partition coefficient (Wildman–Crippen LogP) is 3.23. The van der Waals surface area contributed by atoms with Gasteiger partial charge in [0.15, 0.2) is 11.5 Å². The van der Waals surface area contributed by atoms with Crippen molar-refractivity contribution in [1.82, 2.24) is 5.16 Å². The molecular formula is C20H15FN2O4. The monoisotopic (exact) mass is 366 g/mol. The molecule has 0 spiro atoms. The molecule has 0 saturated carbocycles. The van der Waals surface area contributed by atoms with E-state index in [-0.39, 0.29) is 17.0 Å². The third kappa shape index (κ3) is 2.87. The van der Waals surface area contributed by atoms with Crippen LogP contribution in [-0.2, 0) is 16.0 Å². The first-order valence-corrected chi connectivity index (χ1v) is 8.31. The summed E-state index contributed by atoms with van der Waals surface area (Å²) in [7, 11) is 1.28. The van der Waals surface area contributed by atoms with E-state index >= 15 is 0 Å². The smallest absolute Gasteiger partial charge is 0.329 e. The first-order chi connectivity index (χ1) is 13.1. The maximum Gasteiger partial charge on any atom is 0.329 e. The number of hydrogen-bond donors (Lipinski definition) is 0. The van der Waals surface area contributed by atoms with Crippen LogP contribution in [-0.4, -0.2) is 30.2 Å². The number of nitrogens with zero attached hydrogens (tertiary/aromatic N) is 2. The van der Waals surface area contributed by atoms with Crippen molar-refractivity contribution >= 4 is 17.6 Å². The minimum atomic E-state index is -0.784. The fourth-order valence-corrected chi connectivity index (χ4v) is 3.25. The lowest BCUT2D eigenvalue weighted by Crippen LogP contribution is -2.43. The number of amides is 1. The van der Waals surface area contributed by atoms with E-state index < -0.39 is 23.7 Å². The van der Waals surface area contributed by atoms with Gasteiger partial charge in [-0.15, -0.1) is 0 Å². The van der Waals surface area contributed by atoms with Crippen molar-refractivity contribution in [3.8, 4) is 11.3 Å². The van der Waals surface area contributed by atoms with Gasteiger partial charge >= 0.3 is 5.97 Å². The van der Waals surface area contributed by atoms with Crippen LogP contribution in [0.4, 0.5) is 10.1 Å². The molecule has 1 amide bonds. The van der Waals surface area contributed by atoms with Crippen molar-refractivity contribution in [3.63, 3.8) is 0 Å². The van der Waals surface area contributed by atoms with E-state index in [0.717, 1.165) is 5.56 Å². The SMILES string of the molecule is COC(=O)[C@H]1Cc2ccccc2N1C(=O)c1cc(-c2ccccc2F)on1. The average molecular weight is 366 g/mol. The third-order valence-electron chi connectivity index (χ3n) is 4.54. The van der Waals surface area contributed by atoms with Crippen molar-refractivity contribution in [2.75, 3.05) is 12.0 Å². The van der Waals surface area contributed by atoms with Gasteiger partial charge in [0.25, 0.3) is 5.91 Å². The second-order valence-corrected chi connectivity index (χ2v) is 6.10. The molecule has 1 atom stereocenters. The second-order valence-electron chi connectivity index (χ2n) is 6.10. The predicted molar refractivity (Wildman–Crippen MR) is 94.7 cm³/mol. The summed E-state index contributed by atoms with van der Waals surface area (Å²) in [4.78, 5) is 26.6. The average Bonchev–Trinajstić information content (AvgIpc) is 3.32. The minimum absolute atomic E-state index is 0.0149. The Kier molecular flexibility index (Phi) is 4.19. The van der Waals surface area contributed by atoms with E-state index in [4.69, 9.17) is 9.26 Å². The zero-order valence-corrected chi connectivity index (χ0v) is 14.4. The number of esters is 1. The van der Waals surface area contributed by atoms with Gasteiger partial charge in [-0.25, -0.2) is 9.18 Å². The number of hydrogen-bond acceptors (Lipinski definition) is 5. The summed E-state index contributed by atoms with van der Waals surface area (Å²) in [5, 5.41) is 3.79. The Labute approximate surface area is 154 Å². The number of carbonyl (C=O) groups excluding carboxylic acids is 2. The van der Waals surface area contributed by atoms with Crippen molar-refractivity contribution in [1.29, 1.82) is 0 Å². The van der Waals surface area contributed by atoms with Gasteiger partial charge in [-0.3, -0.25) is 9.69 Å². The van der Waals surface area contributed by atoms with E-state index in [1.807, 2.05) is 12.1 Å². The summed E-state index contributed by atoms with van der Waals surface area (Å²) in [6.07, 6.45) is 0.354. The Bertz CT molecular complexity index is 1030. The molecular weight excluding hydrogens is 351 g/mol. The highest BCUT2D eigenvalue weighted by Crippen LogP contribution is 2.34. The van der Waals surface area contributed by atoms with Crippen LogP contribution < -0.4 is 4.90 Å². The molecule has 0 bridgehead atoms. The zero-order chi connectivity index (χ0) is 19.0. The van der Waals surface area contributed by atoms with Crippen molar-refractivity contribution in [2.45, 2.75) is 12.5 Å². The van der Waals surface area contributed by atoms with E-state index in [1.165, 1.54) is 30.2 Å². The molecule has 0 radical (unpaired) electrons. The molecule has 6 nitrogen and oxygen atoms in total. The standard InChI is InChI=1S/C20H15FN2O4/c1-26-20(25)17-10-12-6-2-5-9-16(12)23(17)19(24)15-11-18(27-22-15)13-7-3-4-8-14(13)21/h2-9,11,17H,10H2,1H3/t17-/m1/s1. The van der Waals surface area contributed by atoms with E-state index in [9.17, 15) is 14.0 Å². The van der Waals surface area contributed by atoms with Crippen LogP contribution in [0.25, 0.3) is 11.3 Å². The first kappa shape index (κ1) is 17.0. The van der Waals surface area contributed by atoms with Gasteiger partial charge in [-0.05, 0) is 23.8 Å². The van der Waals surface area contributed by atoms with Gasteiger partial charge in [-0.2, -0.15) is 0 Å². The molecule has 0 N–H and O–H groups in total. The van der Waals surface area contributed by atoms with Gasteiger partial charge in [0.1, 0.15) is 11.9 Å². The summed E-state index contributed by atoms with van der Waals surface area (Å²) in [5.41, 5.74) is 1.67. The lowest BCUT2D eigenvalue weighted by atomic mass is 10.1. The number of benzene rings is 2. The topological polar surface area (TPSA) is 72.6 Å². The first-order valence-electron chi connectivity index (χ1n) is 8.31. The van der Waals surface area contributed by atoms with E-state index in [0.29, 0.717) is 12.1 Å². The molecule has 1 aromatic heterocycles. The molecule has 0 unspecified atom stereocenters. The Morgan fingerprint density at radius 1 is 1.19 bits per heavy atom. The number of methoxy groups -OCH3 is 1. The summed E-state index contributed by atoms with van der Waals surface area (Å²) in [5.74, 6) is -1.37. The quantitative estimate of drug-likeness (QED) is 0.666. The molecule has 0 aliphatic carbocycles. The van der Waals surface area contributed by atoms with Crippen LogP contribution in [0.5, 0.6) is 0 Å². The zero-order valence-electron chi connectivity index (χ0n) is 14.4. The van der Waals surface area contributed by atoms with Crippen LogP contribution in [0.15, 0.2) is 59.1 Å². The van der Waals surface area contributed by atoms with Gasteiger partial charge < -0.3 is 9.26 Å². The van der Waals surface area contributed by atoms with Gasteiger partial charge in [0.2, 0.25) is 0 Å². The van der Waals surface area contributed by atoms with E-state index in [1.54, 1.807) is 24.3 Å². The number of carbonyl (C=O) groups is 2. The molecule has 27 heavy (non-hydrogen) atoms. The number of fused-ring (bicyclic) bond motifs is 1. The number of ether oxygens (including phenoxy) is 1. The molecule has 7 heteroatoms. The Morgan fingerprint density at radius 2 is 1.93 bits per heavy atom. The fourth-order valence-electron chi connectivity index (χ4n) is 3.25. The molecule has 2 aromatic carbocycles. The number of anilines is 1. The number of para-hydroxylation sites is 1. The van der Waals surface area contributed by atoms with Crippen LogP contribution in [0.1, 0.15) is 16.1 Å². The molecule has 0 fully saturated rings.